The molecule has 0 unspecified atom stereocenters. The first-order chi connectivity index (χ1) is 14.1. The number of nitrogens with one attached hydrogen (secondary N) is 1. The minimum Gasteiger partial charge on any atom is -0.378 e. The number of amides is 1. The summed E-state index contributed by atoms with van der Waals surface area (Å²) in [6.07, 6.45) is 2.31. The lowest BCUT2D eigenvalue weighted by molar-refractivity contribution is -0.118. The first-order valence-corrected chi connectivity index (χ1v) is 10.8. The fourth-order valence-electron chi connectivity index (χ4n) is 3.09. The number of nitrogens with zero attached hydrogens (tertiary/aromatic N) is 4. The number of carbonyl (C=O) groups is 1. The molecule has 0 aliphatic heterocycles. The van der Waals surface area contributed by atoms with Crippen molar-refractivity contribution in [2.75, 3.05) is 24.7 Å². The molecule has 0 spiro atoms. The highest BCUT2D eigenvalue weighted by atomic mass is 32.2. The number of rotatable bonds is 8. The molecule has 1 saturated carbocycles. The van der Waals surface area contributed by atoms with Gasteiger partial charge in [0.05, 0.1) is 5.75 Å². The highest BCUT2D eigenvalue weighted by Crippen LogP contribution is 2.41. The van der Waals surface area contributed by atoms with Crippen molar-refractivity contribution in [1.82, 2.24) is 20.1 Å². The topological polar surface area (TPSA) is 63.1 Å². The summed E-state index contributed by atoms with van der Waals surface area (Å²) in [6, 6.07) is 18.3. The molecule has 4 rings (SSSR count). The van der Waals surface area contributed by atoms with E-state index in [0.717, 1.165) is 40.8 Å². The van der Waals surface area contributed by atoms with Gasteiger partial charge >= 0.3 is 0 Å². The van der Waals surface area contributed by atoms with Gasteiger partial charge < -0.3 is 10.2 Å². The Hall–Kier alpha value is -2.80. The molecular weight excluding hydrogens is 382 g/mol. The fraction of sp³-hybridized carbons (Fsp3) is 0.318. The Balaban J connectivity index is 1.37. The summed E-state index contributed by atoms with van der Waals surface area (Å²) >= 11 is 1.43. The lowest BCUT2D eigenvalue weighted by Crippen LogP contribution is -2.24. The number of benzene rings is 2. The summed E-state index contributed by atoms with van der Waals surface area (Å²) in [4.78, 5) is 14.4. The van der Waals surface area contributed by atoms with Crippen LogP contribution in [0, 0.1) is 0 Å². The zero-order chi connectivity index (χ0) is 20.2. The van der Waals surface area contributed by atoms with Gasteiger partial charge in [-0.2, -0.15) is 0 Å². The van der Waals surface area contributed by atoms with Gasteiger partial charge in [-0.05, 0) is 42.7 Å². The Morgan fingerprint density at radius 3 is 2.48 bits per heavy atom. The third-order valence-corrected chi connectivity index (χ3v) is 5.82. The largest absolute Gasteiger partial charge is 0.378 e. The number of thioether (sulfide) groups is 1. The van der Waals surface area contributed by atoms with E-state index < -0.39 is 0 Å². The average Bonchev–Trinajstić information content (AvgIpc) is 3.50. The molecule has 6 nitrogen and oxygen atoms in total. The fourth-order valence-corrected chi connectivity index (χ4v) is 3.88. The van der Waals surface area contributed by atoms with Crippen LogP contribution in [-0.4, -0.2) is 40.5 Å². The molecule has 2 aromatic carbocycles. The van der Waals surface area contributed by atoms with Gasteiger partial charge in [0, 0.05) is 37.9 Å². The zero-order valence-corrected chi connectivity index (χ0v) is 17.5. The Labute approximate surface area is 175 Å². The third kappa shape index (κ3) is 4.79. The van der Waals surface area contributed by atoms with E-state index in [0.29, 0.717) is 18.2 Å². The van der Waals surface area contributed by atoms with E-state index in [1.165, 1.54) is 11.8 Å². The van der Waals surface area contributed by atoms with Crippen molar-refractivity contribution < 1.29 is 4.79 Å². The van der Waals surface area contributed by atoms with Crippen molar-refractivity contribution in [2.45, 2.75) is 30.5 Å². The molecule has 0 bridgehead atoms. The van der Waals surface area contributed by atoms with Crippen LogP contribution in [0.4, 0.5) is 5.69 Å². The SMILES string of the molecule is CN(C)c1ccc(CNC(=O)CSc2nnc(C3CC3)n2-c2ccccc2)cc1. The molecule has 150 valence electrons. The third-order valence-electron chi connectivity index (χ3n) is 4.89. The Morgan fingerprint density at radius 1 is 1.10 bits per heavy atom. The van der Waals surface area contributed by atoms with Crippen molar-refractivity contribution in [1.29, 1.82) is 0 Å². The Kier molecular flexibility index (Phi) is 5.85. The average molecular weight is 408 g/mol. The summed E-state index contributed by atoms with van der Waals surface area (Å²) in [5.74, 6) is 1.78. The normalized spacial score (nSPS) is 13.3. The van der Waals surface area contributed by atoms with Gasteiger partial charge in [-0.15, -0.1) is 10.2 Å². The standard InChI is InChI=1S/C22H25N5OS/c1-26(2)18-12-8-16(9-13-18)14-23-20(28)15-29-22-25-24-21(17-10-11-17)27(22)19-6-4-3-5-7-19/h3-9,12-13,17H,10-11,14-15H2,1-2H3,(H,23,28). The molecule has 1 heterocycles. The van der Waals surface area contributed by atoms with Gasteiger partial charge in [0.15, 0.2) is 5.16 Å². The second-order valence-corrected chi connectivity index (χ2v) is 8.35. The van der Waals surface area contributed by atoms with Crippen LogP contribution in [0.2, 0.25) is 0 Å². The van der Waals surface area contributed by atoms with Gasteiger partial charge in [-0.3, -0.25) is 9.36 Å². The maximum atomic E-state index is 12.4. The first kappa shape index (κ1) is 19.5. The molecule has 1 fully saturated rings. The Morgan fingerprint density at radius 2 is 1.83 bits per heavy atom. The number of anilines is 1. The number of aromatic nitrogens is 3. The lowest BCUT2D eigenvalue weighted by atomic mass is 10.2. The van der Waals surface area contributed by atoms with E-state index in [2.05, 4.69) is 49.2 Å². The van der Waals surface area contributed by atoms with E-state index in [9.17, 15) is 4.79 Å². The van der Waals surface area contributed by atoms with Crippen LogP contribution >= 0.6 is 11.8 Å². The van der Waals surface area contributed by atoms with Crippen LogP contribution in [0.25, 0.3) is 5.69 Å². The van der Waals surface area contributed by atoms with Crippen LogP contribution in [0.1, 0.15) is 30.1 Å². The smallest absolute Gasteiger partial charge is 0.230 e. The maximum absolute atomic E-state index is 12.4. The first-order valence-electron chi connectivity index (χ1n) is 9.78. The van der Waals surface area contributed by atoms with Gasteiger partial charge in [-0.25, -0.2) is 0 Å². The minimum atomic E-state index is -0.0118. The summed E-state index contributed by atoms with van der Waals surface area (Å²) in [7, 11) is 4.02. The van der Waals surface area contributed by atoms with Crippen LogP contribution in [0.15, 0.2) is 59.8 Å². The van der Waals surface area contributed by atoms with Gasteiger partial charge in [-0.1, -0.05) is 42.1 Å². The molecular formula is C22H25N5OS. The molecule has 1 aliphatic rings. The molecule has 1 aromatic heterocycles. The van der Waals surface area contributed by atoms with E-state index in [-0.39, 0.29) is 5.91 Å². The molecule has 0 atom stereocenters. The number of hydrogen-bond acceptors (Lipinski definition) is 5. The van der Waals surface area contributed by atoms with Crippen molar-refractivity contribution in [3.63, 3.8) is 0 Å². The van der Waals surface area contributed by atoms with Crippen molar-refractivity contribution >= 4 is 23.4 Å². The van der Waals surface area contributed by atoms with Crippen molar-refractivity contribution in [3.05, 3.63) is 66.0 Å². The van der Waals surface area contributed by atoms with Crippen molar-refractivity contribution in [3.8, 4) is 5.69 Å². The second-order valence-electron chi connectivity index (χ2n) is 7.41. The number of para-hydroxylation sites is 1. The van der Waals surface area contributed by atoms with E-state index in [4.69, 9.17) is 0 Å². The second kappa shape index (κ2) is 8.69. The Bertz CT molecular complexity index is 965. The molecule has 1 aliphatic carbocycles. The molecule has 0 saturated heterocycles. The molecule has 29 heavy (non-hydrogen) atoms. The van der Waals surface area contributed by atoms with Crippen LogP contribution in [0.5, 0.6) is 0 Å². The lowest BCUT2D eigenvalue weighted by Gasteiger charge is -2.13. The zero-order valence-electron chi connectivity index (χ0n) is 16.7. The summed E-state index contributed by atoms with van der Waals surface area (Å²) in [6.45, 7) is 0.520. The molecule has 3 aromatic rings. The van der Waals surface area contributed by atoms with Crippen LogP contribution in [0.3, 0.4) is 0 Å². The van der Waals surface area contributed by atoms with Crippen molar-refractivity contribution in [2.24, 2.45) is 0 Å². The van der Waals surface area contributed by atoms with Gasteiger partial charge in [0.1, 0.15) is 5.82 Å². The van der Waals surface area contributed by atoms with E-state index >= 15 is 0 Å². The van der Waals surface area contributed by atoms with Gasteiger partial charge in [0.25, 0.3) is 0 Å². The highest BCUT2D eigenvalue weighted by Gasteiger charge is 2.31. The number of carbonyl (C=O) groups excluding carboxylic acids is 1. The van der Waals surface area contributed by atoms with Crippen LogP contribution in [-0.2, 0) is 11.3 Å². The molecule has 0 radical (unpaired) electrons. The van der Waals surface area contributed by atoms with Crippen LogP contribution < -0.4 is 10.2 Å². The predicted molar refractivity (Wildman–Crippen MR) is 117 cm³/mol. The summed E-state index contributed by atoms with van der Waals surface area (Å²) in [5.41, 5.74) is 3.27. The van der Waals surface area contributed by atoms with E-state index in [1.54, 1.807) is 0 Å². The molecule has 1 amide bonds. The summed E-state index contributed by atoms with van der Waals surface area (Å²) < 4.78 is 2.09. The van der Waals surface area contributed by atoms with E-state index in [1.807, 2.05) is 44.4 Å². The minimum absolute atomic E-state index is 0.0118. The van der Waals surface area contributed by atoms with Gasteiger partial charge in [0.2, 0.25) is 5.91 Å². The summed E-state index contributed by atoms with van der Waals surface area (Å²) in [5, 5.41) is 12.5. The number of hydrogen-bond donors (Lipinski definition) is 1. The molecule has 7 heteroatoms. The maximum Gasteiger partial charge on any atom is 0.230 e. The quantitative estimate of drug-likeness (QED) is 0.578. The monoisotopic (exact) mass is 407 g/mol. The molecule has 1 N–H and O–H groups in total. The highest BCUT2D eigenvalue weighted by molar-refractivity contribution is 7.99. The predicted octanol–water partition coefficient (Wildman–Crippen LogP) is 3.62.